The summed E-state index contributed by atoms with van der Waals surface area (Å²) >= 11 is 0. The van der Waals surface area contributed by atoms with Crippen molar-refractivity contribution in [3.63, 3.8) is 0 Å². The second-order valence-corrected chi connectivity index (χ2v) is 5.43. The first-order valence-corrected chi connectivity index (χ1v) is 6.18. The summed E-state index contributed by atoms with van der Waals surface area (Å²) in [6, 6.07) is -2.27. The van der Waals surface area contributed by atoms with E-state index in [0.717, 1.165) is 0 Å². The maximum absolute atomic E-state index is 12.0. The summed E-state index contributed by atoms with van der Waals surface area (Å²) in [5, 5.41) is 2.67. The number of nitrogens with one attached hydrogen (secondary N) is 1. The first kappa shape index (κ1) is 8.59. The largest absolute Gasteiger partial charge is 0.444 e. The zero-order chi connectivity index (χ0) is 18.2. The van der Waals surface area contributed by atoms with Crippen molar-refractivity contribution >= 4 is 6.09 Å². The van der Waals surface area contributed by atoms with Crippen molar-refractivity contribution < 1.29 is 21.1 Å². The predicted octanol–water partition coefficient (Wildman–Crippen LogP) is 2.52. The third-order valence-corrected chi connectivity index (χ3v) is 2.49. The molecule has 0 bridgehead atoms. The van der Waals surface area contributed by atoms with Crippen LogP contribution in [0.25, 0.3) is 0 Å². The molecule has 1 heterocycles. The lowest BCUT2D eigenvalue weighted by Gasteiger charge is -2.23. The maximum atomic E-state index is 12.0. The summed E-state index contributed by atoms with van der Waals surface area (Å²) < 4.78 is 49.4. The maximum Gasteiger partial charge on any atom is 0.407 e. The number of amides is 1. The fourth-order valence-electron chi connectivity index (χ4n) is 1.62. The fraction of sp³-hybridized carbons (Fsp3) is 0.533. The molecule has 104 valence electrons. The van der Waals surface area contributed by atoms with Crippen LogP contribution in [0.1, 0.15) is 33.2 Å². The standard InChI is InChI=1S/C15H21NO3/c1-15(2,3)19-14(17)16-12(13-10-18-13)9-11-7-5-4-6-8-11/h4-8,12-13H,9-10H2,1-3H3,(H,16,17)/i4D,5D,6D,7D,8D. The molecule has 2 rings (SSSR count). The average Bonchev–Trinajstić information content (AvgIpc) is 3.29. The van der Waals surface area contributed by atoms with Crippen molar-refractivity contribution in [1.82, 2.24) is 5.32 Å². The number of ether oxygens (including phenoxy) is 2. The second-order valence-electron chi connectivity index (χ2n) is 5.43. The summed E-state index contributed by atoms with van der Waals surface area (Å²) in [5.74, 6) is 0. The molecule has 1 aliphatic heterocycles. The third kappa shape index (κ3) is 4.91. The molecular weight excluding hydrogens is 242 g/mol. The summed E-state index contributed by atoms with van der Waals surface area (Å²) in [6.45, 7) is 5.67. The van der Waals surface area contributed by atoms with Gasteiger partial charge in [0.2, 0.25) is 0 Å². The molecule has 1 fully saturated rings. The van der Waals surface area contributed by atoms with Crippen molar-refractivity contribution in [2.24, 2.45) is 0 Å². The molecule has 2 unspecified atom stereocenters. The molecule has 2 atom stereocenters. The van der Waals surface area contributed by atoms with Gasteiger partial charge in [-0.05, 0) is 32.8 Å². The lowest BCUT2D eigenvalue weighted by atomic mass is 10.0. The van der Waals surface area contributed by atoms with E-state index in [4.69, 9.17) is 16.3 Å². The summed E-state index contributed by atoms with van der Waals surface area (Å²) in [4.78, 5) is 12.0. The zero-order valence-electron chi connectivity index (χ0n) is 16.3. The number of benzene rings is 1. The van der Waals surface area contributed by atoms with Crippen molar-refractivity contribution in [2.45, 2.75) is 44.9 Å². The van der Waals surface area contributed by atoms with Crippen LogP contribution in [-0.2, 0) is 15.9 Å². The molecule has 1 saturated heterocycles. The van der Waals surface area contributed by atoms with E-state index in [9.17, 15) is 4.79 Å². The van der Waals surface area contributed by atoms with Crippen molar-refractivity contribution in [3.8, 4) is 0 Å². The van der Waals surface area contributed by atoms with Crippen LogP contribution in [0.5, 0.6) is 0 Å². The first-order valence-electron chi connectivity index (χ1n) is 8.68. The molecule has 0 saturated carbocycles. The minimum atomic E-state index is -0.657. The minimum Gasteiger partial charge on any atom is -0.444 e. The summed E-state index contributed by atoms with van der Waals surface area (Å²) in [6.07, 6.45) is -0.815. The smallest absolute Gasteiger partial charge is 0.407 e. The van der Waals surface area contributed by atoms with Gasteiger partial charge in [-0.25, -0.2) is 4.79 Å². The van der Waals surface area contributed by atoms with Crippen LogP contribution in [0.3, 0.4) is 0 Å². The Hall–Kier alpha value is -1.55. The van der Waals surface area contributed by atoms with Gasteiger partial charge in [0.25, 0.3) is 0 Å². The Morgan fingerprint density at radius 1 is 1.53 bits per heavy atom. The van der Waals surface area contributed by atoms with Crippen LogP contribution in [0.2, 0.25) is 0 Å². The van der Waals surface area contributed by atoms with E-state index in [1.807, 2.05) is 0 Å². The van der Waals surface area contributed by atoms with Gasteiger partial charge >= 0.3 is 6.09 Å². The molecule has 0 spiro atoms. The van der Waals surface area contributed by atoms with Gasteiger partial charge in [0, 0.05) is 0 Å². The highest BCUT2D eigenvalue weighted by Crippen LogP contribution is 2.18. The van der Waals surface area contributed by atoms with Crippen LogP contribution < -0.4 is 5.32 Å². The van der Waals surface area contributed by atoms with Gasteiger partial charge in [-0.3, -0.25) is 0 Å². The zero-order valence-corrected chi connectivity index (χ0v) is 11.3. The molecule has 4 nitrogen and oxygen atoms in total. The highest BCUT2D eigenvalue weighted by molar-refractivity contribution is 5.68. The lowest BCUT2D eigenvalue weighted by molar-refractivity contribution is 0.0495. The van der Waals surface area contributed by atoms with Crippen molar-refractivity contribution in [3.05, 3.63) is 35.8 Å². The van der Waals surface area contributed by atoms with Crippen LogP contribution in [0.15, 0.2) is 30.2 Å². The highest BCUT2D eigenvalue weighted by Gasteiger charge is 2.34. The predicted molar refractivity (Wildman–Crippen MR) is 73.0 cm³/mol. The van der Waals surface area contributed by atoms with Crippen LogP contribution in [0.4, 0.5) is 4.79 Å². The Morgan fingerprint density at radius 3 is 2.68 bits per heavy atom. The molecule has 0 aromatic heterocycles. The molecule has 1 aromatic carbocycles. The van der Waals surface area contributed by atoms with Gasteiger partial charge < -0.3 is 14.8 Å². The van der Waals surface area contributed by atoms with E-state index < -0.39 is 35.9 Å². The number of rotatable bonds is 4. The summed E-state index contributed by atoms with van der Waals surface area (Å²) in [5.41, 5.74) is -0.506. The average molecular weight is 268 g/mol. The normalized spacial score (nSPS) is 23.3. The van der Waals surface area contributed by atoms with Gasteiger partial charge in [0.15, 0.2) is 0 Å². The first-order chi connectivity index (χ1) is 11.0. The number of hydrogen-bond acceptors (Lipinski definition) is 3. The molecule has 0 aliphatic carbocycles. The molecular formula is C15H21NO3. The Labute approximate surface area is 121 Å². The number of alkyl carbamates (subject to hydrolysis) is 1. The van der Waals surface area contributed by atoms with E-state index in [-0.39, 0.29) is 30.2 Å². The second kappa shape index (κ2) is 5.61. The molecule has 1 aliphatic rings. The highest BCUT2D eigenvalue weighted by atomic mass is 16.6. The number of carbonyl (C=O) groups is 1. The molecule has 1 aromatic rings. The molecule has 1 amide bonds. The van der Waals surface area contributed by atoms with E-state index in [2.05, 4.69) is 5.32 Å². The molecule has 4 heteroatoms. The topological polar surface area (TPSA) is 50.9 Å². The number of carbonyl (C=O) groups excluding carboxylic acids is 1. The van der Waals surface area contributed by atoms with Gasteiger partial charge in [-0.1, -0.05) is 30.2 Å². The van der Waals surface area contributed by atoms with Gasteiger partial charge in [0.05, 0.1) is 19.5 Å². The summed E-state index contributed by atoms with van der Waals surface area (Å²) in [7, 11) is 0. The minimum absolute atomic E-state index is 0.0691. The van der Waals surface area contributed by atoms with E-state index in [1.54, 1.807) is 20.8 Å². The monoisotopic (exact) mass is 268 g/mol. The van der Waals surface area contributed by atoms with Crippen LogP contribution in [0, 0.1) is 0 Å². The van der Waals surface area contributed by atoms with E-state index in [0.29, 0.717) is 6.61 Å². The van der Waals surface area contributed by atoms with Crippen molar-refractivity contribution in [2.75, 3.05) is 6.61 Å². The third-order valence-electron chi connectivity index (χ3n) is 2.49. The SMILES string of the molecule is [2H]c1c([2H])c([2H])c(CC(NC(=O)OC(C)(C)C)C2CO2)c([2H])c1[2H]. The molecule has 1 N–H and O–H groups in total. The van der Waals surface area contributed by atoms with Crippen molar-refractivity contribution in [1.29, 1.82) is 0 Å². The van der Waals surface area contributed by atoms with E-state index in [1.165, 1.54) is 0 Å². The molecule has 0 radical (unpaired) electrons. The van der Waals surface area contributed by atoms with Crippen LogP contribution >= 0.6 is 0 Å². The van der Waals surface area contributed by atoms with E-state index >= 15 is 0 Å². The number of hydrogen-bond donors (Lipinski definition) is 1. The Balaban J connectivity index is 2.22. The Bertz CT molecular complexity index is 626. The Morgan fingerprint density at radius 2 is 2.16 bits per heavy atom. The lowest BCUT2D eigenvalue weighted by Crippen LogP contribution is -2.43. The quantitative estimate of drug-likeness (QED) is 0.854. The van der Waals surface area contributed by atoms with Gasteiger partial charge in [-0.15, -0.1) is 0 Å². The fourth-order valence-corrected chi connectivity index (χ4v) is 1.62. The van der Waals surface area contributed by atoms with Gasteiger partial charge in [-0.2, -0.15) is 0 Å². The molecule has 19 heavy (non-hydrogen) atoms. The number of epoxide rings is 1. The Kier molecular flexibility index (Phi) is 2.54. The van der Waals surface area contributed by atoms with Gasteiger partial charge in [0.1, 0.15) is 11.7 Å². The van der Waals surface area contributed by atoms with Crippen LogP contribution in [-0.4, -0.2) is 30.4 Å².